The summed E-state index contributed by atoms with van der Waals surface area (Å²) in [4.78, 5) is 11.9. The minimum absolute atomic E-state index is 0.0938. The highest BCUT2D eigenvalue weighted by atomic mass is 19.1. The van der Waals surface area contributed by atoms with Crippen LogP contribution in [-0.2, 0) is 0 Å². The van der Waals surface area contributed by atoms with Crippen LogP contribution in [0.4, 0.5) is 10.1 Å². The average Bonchev–Trinajstić information content (AvgIpc) is 2.30. The number of benzene rings is 2. The second-order valence-corrected chi connectivity index (χ2v) is 3.75. The molecule has 0 bridgehead atoms. The van der Waals surface area contributed by atoms with Gasteiger partial charge >= 0.3 is 0 Å². The molecule has 2 aromatic carbocycles. The molecule has 1 N–H and O–H groups in total. The van der Waals surface area contributed by atoms with Crippen molar-refractivity contribution in [1.82, 2.24) is 0 Å². The van der Waals surface area contributed by atoms with Crippen LogP contribution in [0.5, 0.6) is 0 Å². The summed E-state index contributed by atoms with van der Waals surface area (Å²) in [6.45, 7) is 1.71. The highest BCUT2D eigenvalue weighted by Crippen LogP contribution is 2.15. The maximum absolute atomic E-state index is 13.5. The van der Waals surface area contributed by atoms with E-state index >= 15 is 0 Å². The third-order valence-electron chi connectivity index (χ3n) is 2.48. The average molecular weight is 229 g/mol. The van der Waals surface area contributed by atoms with Crippen molar-refractivity contribution in [2.45, 2.75) is 6.92 Å². The lowest BCUT2D eigenvalue weighted by Gasteiger charge is -2.08. The lowest BCUT2D eigenvalue weighted by Crippen LogP contribution is -2.15. The van der Waals surface area contributed by atoms with E-state index in [9.17, 15) is 9.18 Å². The predicted molar refractivity (Wildman–Crippen MR) is 65.5 cm³/mol. The Morgan fingerprint density at radius 2 is 1.76 bits per heavy atom. The summed E-state index contributed by atoms with van der Waals surface area (Å²) in [7, 11) is 0. The fraction of sp³-hybridized carbons (Fsp3) is 0.0714. The van der Waals surface area contributed by atoms with Gasteiger partial charge in [-0.15, -0.1) is 0 Å². The largest absolute Gasteiger partial charge is 0.322 e. The first-order valence-corrected chi connectivity index (χ1v) is 5.30. The molecule has 0 aliphatic carbocycles. The summed E-state index contributed by atoms with van der Waals surface area (Å²) in [6.07, 6.45) is 0. The number of rotatable bonds is 2. The van der Waals surface area contributed by atoms with E-state index in [-0.39, 0.29) is 5.56 Å². The van der Waals surface area contributed by atoms with E-state index in [0.717, 1.165) is 0 Å². The van der Waals surface area contributed by atoms with Crippen molar-refractivity contribution in [2.75, 3.05) is 5.32 Å². The Kier molecular flexibility index (Phi) is 3.19. The summed E-state index contributed by atoms with van der Waals surface area (Å²) >= 11 is 0. The van der Waals surface area contributed by atoms with Crippen LogP contribution in [-0.4, -0.2) is 5.91 Å². The normalized spacial score (nSPS) is 10.0. The summed E-state index contributed by atoms with van der Waals surface area (Å²) in [5.74, 6) is -0.926. The third-order valence-corrected chi connectivity index (χ3v) is 2.48. The van der Waals surface area contributed by atoms with Crippen molar-refractivity contribution in [3.8, 4) is 0 Å². The van der Waals surface area contributed by atoms with Crippen LogP contribution in [0.3, 0.4) is 0 Å². The standard InChI is InChI=1S/C14H12FNO/c1-10-6-5-9-12(15)13(10)14(17)16-11-7-3-2-4-8-11/h2-9H,1H3,(H,16,17). The van der Waals surface area contributed by atoms with Gasteiger partial charge in [-0.3, -0.25) is 4.79 Å². The molecule has 0 atom stereocenters. The van der Waals surface area contributed by atoms with E-state index in [1.54, 1.807) is 31.2 Å². The first-order chi connectivity index (χ1) is 8.18. The van der Waals surface area contributed by atoms with Gasteiger partial charge in [-0.05, 0) is 30.7 Å². The number of amides is 1. The SMILES string of the molecule is Cc1cccc(F)c1C(=O)Nc1ccccc1. The van der Waals surface area contributed by atoms with Gasteiger partial charge in [0.05, 0.1) is 5.56 Å². The Balaban J connectivity index is 2.27. The summed E-state index contributed by atoms with van der Waals surface area (Å²) in [6, 6.07) is 13.6. The predicted octanol–water partition coefficient (Wildman–Crippen LogP) is 3.39. The lowest BCUT2D eigenvalue weighted by molar-refractivity contribution is 0.102. The fourth-order valence-electron chi connectivity index (χ4n) is 1.63. The van der Waals surface area contributed by atoms with Gasteiger partial charge in [0.25, 0.3) is 5.91 Å². The zero-order chi connectivity index (χ0) is 12.3. The molecule has 3 heteroatoms. The number of halogens is 1. The Morgan fingerprint density at radius 3 is 2.41 bits per heavy atom. The molecule has 0 heterocycles. The molecule has 0 aromatic heterocycles. The van der Waals surface area contributed by atoms with Gasteiger partial charge in [-0.1, -0.05) is 30.3 Å². The maximum atomic E-state index is 13.5. The number of carbonyl (C=O) groups excluding carboxylic acids is 1. The minimum Gasteiger partial charge on any atom is -0.322 e. The molecule has 2 rings (SSSR count). The summed E-state index contributed by atoms with van der Waals surface area (Å²) in [5.41, 5.74) is 1.37. The minimum atomic E-state index is -0.501. The molecule has 0 aliphatic heterocycles. The number of anilines is 1. The number of para-hydroxylation sites is 1. The molecule has 0 spiro atoms. The molecule has 0 radical (unpaired) electrons. The molecular formula is C14H12FNO. The van der Waals surface area contributed by atoms with E-state index in [1.165, 1.54) is 6.07 Å². The van der Waals surface area contributed by atoms with Crippen molar-refractivity contribution in [3.05, 3.63) is 65.5 Å². The van der Waals surface area contributed by atoms with Crippen LogP contribution < -0.4 is 5.32 Å². The maximum Gasteiger partial charge on any atom is 0.258 e. The molecule has 2 nitrogen and oxygen atoms in total. The highest BCUT2D eigenvalue weighted by molar-refractivity contribution is 6.05. The van der Waals surface area contributed by atoms with E-state index in [0.29, 0.717) is 11.3 Å². The number of aryl methyl sites for hydroxylation is 1. The molecule has 0 fully saturated rings. The summed E-state index contributed by atoms with van der Waals surface area (Å²) < 4.78 is 13.5. The molecule has 2 aromatic rings. The molecule has 0 saturated heterocycles. The smallest absolute Gasteiger partial charge is 0.258 e. The van der Waals surface area contributed by atoms with E-state index < -0.39 is 11.7 Å². The van der Waals surface area contributed by atoms with Gasteiger partial charge in [0.15, 0.2) is 0 Å². The van der Waals surface area contributed by atoms with Gasteiger partial charge in [0.2, 0.25) is 0 Å². The van der Waals surface area contributed by atoms with Gasteiger partial charge < -0.3 is 5.32 Å². The summed E-state index contributed by atoms with van der Waals surface area (Å²) in [5, 5.41) is 2.66. The first-order valence-electron chi connectivity index (χ1n) is 5.30. The topological polar surface area (TPSA) is 29.1 Å². The number of nitrogens with one attached hydrogen (secondary N) is 1. The second kappa shape index (κ2) is 4.78. The zero-order valence-electron chi connectivity index (χ0n) is 9.41. The molecule has 17 heavy (non-hydrogen) atoms. The van der Waals surface area contributed by atoms with Crippen LogP contribution in [0, 0.1) is 12.7 Å². The van der Waals surface area contributed by atoms with Gasteiger partial charge in [-0.25, -0.2) is 4.39 Å². The molecule has 0 aliphatic rings. The lowest BCUT2D eigenvalue weighted by atomic mass is 10.1. The van der Waals surface area contributed by atoms with E-state index in [2.05, 4.69) is 5.32 Å². The Hall–Kier alpha value is -2.16. The van der Waals surface area contributed by atoms with Crippen molar-refractivity contribution < 1.29 is 9.18 Å². The quantitative estimate of drug-likeness (QED) is 0.840. The van der Waals surface area contributed by atoms with Crippen molar-refractivity contribution in [3.63, 3.8) is 0 Å². The number of hydrogen-bond donors (Lipinski definition) is 1. The molecule has 0 unspecified atom stereocenters. The molecule has 86 valence electrons. The fourth-order valence-corrected chi connectivity index (χ4v) is 1.63. The van der Waals surface area contributed by atoms with Gasteiger partial charge in [0.1, 0.15) is 5.82 Å². The highest BCUT2D eigenvalue weighted by Gasteiger charge is 2.13. The third kappa shape index (κ3) is 2.50. The van der Waals surface area contributed by atoms with Crippen LogP contribution in [0.25, 0.3) is 0 Å². The van der Waals surface area contributed by atoms with E-state index in [1.807, 2.05) is 18.2 Å². The zero-order valence-corrected chi connectivity index (χ0v) is 9.41. The molecule has 1 amide bonds. The van der Waals surface area contributed by atoms with Crippen LogP contribution in [0.15, 0.2) is 48.5 Å². The Labute approximate surface area is 99.1 Å². The van der Waals surface area contributed by atoms with Crippen molar-refractivity contribution >= 4 is 11.6 Å². The second-order valence-electron chi connectivity index (χ2n) is 3.75. The molecule has 0 saturated carbocycles. The monoisotopic (exact) mass is 229 g/mol. The van der Waals surface area contributed by atoms with Gasteiger partial charge in [-0.2, -0.15) is 0 Å². The molecular weight excluding hydrogens is 217 g/mol. The van der Waals surface area contributed by atoms with Crippen molar-refractivity contribution in [2.24, 2.45) is 0 Å². The van der Waals surface area contributed by atoms with E-state index in [4.69, 9.17) is 0 Å². The van der Waals surface area contributed by atoms with Gasteiger partial charge in [0, 0.05) is 5.69 Å². The van der Waals surface area contributed by atoms with Crippen LogP contribution in [0.1, 0.15) is 15.9 Å². The Bertz CT molecular complexity index is 517. The van der Waals surface area contributed by atoms with Crippen LogP contribution in [0.2, 0.25) is 0 Å². The van der Waals surface area contributed by atoms with Crippen LogP contribution >= 0.6 is 0 Å². The number of hydrogen-bond acceptors (Lipinski definition) is 1. The number of carbonyl (C=O) groups is 1. The Morgan fingerprint density at radius 1 is 1.06 bits per heavy atom. The van der Waals surface area contributed by atoms with Crippen molar-refractivity contribution in [1.29, 1.82) is 0 Å². The first kappa shape index (κ1) is 11.3.